The molecule has 164 valence electrons. The quantitative estimate of drug-likeness (QED) is 0.443. The van der Waals surface area contributed by atoms with Gasteiger partial charge in [-0.05, 0) is 56.2 Å². The minimum Gasteiger partial charge on any atom is -0.383 e. The average molecular weight is 486 g/mol. The molecule has 1 aromatic heterocycles. The van der Waals surface area contributed by atoms with E-state index in [0.717, 1.165) is 27.0 Å². The maximum atomic E-state index is 13.1. The number of ether oxygens (including phenoxy) is 2. The normalized spacial score (nSPS) is 18.0. The molecule has 7 heteroatoms. The molecule has 3 rings (SSSR count). The van der Waals surface area contributed by atoms with Crippen LogP contribution in [0.1, 0.15) is 41.6 Å². The van der Waals surface area contributed by atoms with Crippen molar-refractivity contribution in [1.82, 2.24) is 9.47 Å². The number of hydrogen-bond acceptors (Lipinski definition) is 4. The number of aryl methyl sites for hydroxylation is 1. The zero-order valence-corrected chi connectivity index (χ0v) is 20.0. The van der Waals surface area contributed by atoms with Crippen molar-refractivity contribution < 1.29 is 14.3 Å². The molecule has 31 heavy (non-hydrogen) atoms. The van der Waals surface area contributed by atoms with Crippen molar-refractivity contribution in [3.63, 3.8) is 0 Å². The molecule has 1 saturated heterocycles. The zero-order chi connectivity index (χ0) is 22.5. The first-order chi connectivity index (χ1) is 14.8. The molecule has 2 aromatic rings. The largest absolute Gasteiger partial charge is 0.383 e. The average Bonchev–Trinajstić information content (AvgIpc) is 3.05. The smallest absolute Gasteiger partial charge is 0.264 e. The highest BCUT2D eigenvalue weighted by Gasteiger charge is 2.27. The Labute approximate surface area is 192 Å². The van der Waals surface area contributed by atoms with E-state index in [1.54, 1.807) is 18.1 Å². The van der Waals surface area contributed by atoms with Gasteiger partial charge in [0.2, 0.25) is 0 Å². The van der Waals surface area contributed by atoms with Crippen LogP contribution in [0.4, 0.5) is 0 Å². The predicted octanol–water partition coefficient (Wildman–Crippen LogP) is 4.58. The van der Waals surface area contributed by atoms with E-state index in [0.29, 0.717) is 26.3 Å². The molecule has 0 bridgehead atoms. The van der Waals surface area contributed by atoms with Crippen LogP contribution in [0.5, 0.6) is 0 Å². The highest BCUT2D eigenvalue weighted by molar-refractivity contribution is 9.10. The number of rotatable bonds is 6. The molecule has 1 aliphatic rings. The number of aromatic nitrogens is 1. The lowest BCUT2D eigenvalue weighted by Crippen LogP contribution is -2.42. The second kappa shape index (κ2) is 10.3. The molecule has 1 amide bonds. The van der Waals surface area contributed by atoms with Crippen molar-refractivity contribution in [2.24, 2.45) is 0 Å². The van der Waals surface area contributed by atoms with Crippen molar-refractivity contribution in [1.29, 1.82) is 5.26 Å². The molecular weight excluding hydrogens is 458 g/mol. The Hall–Kier alpha value is -2.40. The maximum Gasteiger partial charge on any atom is 0.264 e. The van der Waals surface area contributed by atoms with Gasteiger partial charge in [-0.25, -0.2) is 0 Å². The first-order valence-electron chi connectivity index (χ1n) is 10.3. The Balaban J connectivity index is 1.81. The molecular formula is C24H28BrN3O3. The van der Waals surface area contributed by atoms with E-state index in [4.69, 9.17) is 9.47 Å². The summed E-state index contributed by atoms with van der Waals surface area (Å²) in [4.78, 5) is 14.9. The van der Waals surface area contributed by atoms with Crippen molar-refractivity contribution in [3.8, 4) is 6.07 Å². The number of carbonyl (C=O) groups excluding carboxylic acids is 1. The molecule has 2 atom stereocenters. The molecule has 0 spiro atoms. The molecule has 0 N–H and O–H groups in total. The summed E-state index contributed by atoms with van der Waals surface area (Å²) in [6.07, 6.45) is 1.50. The van der Waals surface area contributed by atoms with E-state index in [9.17, 15) is 10.1 Å². The SMILES string of the molecule is COCC(C)n1c(C)cc(C=C(C#N)C(=O)N2CCOC(c3ccc(Br)cc3)C2)c1C. The Bertz CT molecular complexity index is 1000. The highest BCUT2D eigenvalue weighted by Crippen LogP contribution is 2.26. The predicted molar refractivity (Wildman–Crippen MR) is 123 cm³/mol. The minimum absolute atomic E-state index is 0.135. The molecule has 2 unspecified atom stereocenters. The third-order valence-electron chi connectivity index (χ3n) is 5.62. The van der Waals surface area contributed by atoms with Gasteiger partial charge in [0.25, 0.3) is 5.91 Å². The Morgan fingerprint density at radius 2 is 2.10 bits per heavy atom. The number of amides is 1. The van der Waals surface area contributed by atoms with Crippen LogP contribution in [-0.4, -0.2) is 48.8 Å². The van der Waals surface area contributed by atoms with Gasteiger partial charge in [0.15, 0.2) is 0 Å². The van der Waals surface area contributed by atoms with Crippen molar-refractivity contribution in [3.05, 3.63) is 62.9 Å². The van der Waals surface area contributed by atoms with Crippen LogP contribution in [0.15, 0.2) is 40.4 Å². The minimum atomic E-state index is -0.261. The number of nitriles is 1. The van der Waals surface area contributed by atoms with Crippen molar-refractivity contribution in [2.45, 2.75) is 32.9 Å². The number of benzene rings is 1. The van der Waals surface area contributed by atoms with Gasteiger partial charge in [-0.2, -0.15) is 5.26 Å². The summed E-state index contributed by atoms with van der Waals surface area (Å²) in [7, 11) is 1.68. The molecule has 2 heterocycles. The number of halogens is 1. The van der Waals surface area contributed by atoms with Gasteiger partial charge in [-0.1, -0.05) is 28.1 Å². The van der Waals surface area contributed by atoms with E-state index in [-0.39, 0.29) is 23.6 Å². The topological polar surface area (TPSA) is 67.5 Å². The number of nitrogens with zero attached hydrogens (tertiary/aromatic N) is 3. The van der Waals surface area contributed by atoms with Gasteiger partial charge in [0.1, 0.15) is 17.7 Å². The second-order valence-electron chi connectivity index (χ2n) is 7.83. The number of hydrogen-bond donors (Lipinski definition) is 0. The summed E-state index contributed by atoms with van der Waals surface area (Å²) in [6.45, 7) is 8.03. The summed E-state index contributed by atoms with van der Waals surface area (Å²) in [5.41, 5.74) is 4.11. The Morgan fingerprint density at radius 1 is 1.39 bits per heavy atom. The fraction of sp³-hybridized carbons (Fsp3) is 0.417. The van der Waals surface area contributed by atoms with E-state index in [1.807, 2.05) is 44.2 Å². The molecule has 1 aromatic carbocycles. The lowest BCUT2D eigenvalue weighted by atomic mass is 10.1. The first-order valence-corrected chi connectivity index (χ1v) is 11.1. The van der Waals surface area contributed by atoms with Gasteiger partial charge in [0, 0.05) is 29.5 Å². The van der Waals surface area contributed by atoms with Gasteiger partial charge in [-0.15, -0.1) is 0 Å². The van der Waals surface area contributed by atoms with Gasteiger partial charge >= 0.3 is 0 Å². The summed E-state index contributed by atoms with van der Waals surface area (Å²) in [5, 5.41) is 9.73. The number of morpholine rings is 1. The summed E-state index contributed by atoms with van der Waals surface area (Å²) >= 11 is 3.44. The highest BCUT2D eigenvalue weighted by atomic mass is 79.9. The molecule has 6 nitrogen and oxygen atoms in total. The number of methoxy groups -OCH3 is 1. The van der Waals surface area contributed by atoms with Crippen LogP contribution in [0.25, 0.3) is 6.08 Å². The molecule has 0 radical (unpaired) electrons. The fourth-order valence-corrected chi connectivity index (χ4v) is 4.39. The molecule has 1 aliphatic heterocycles. The lowest BCUT2D eigenvalue weighted by molar-refractivity contribution is -0.134. The second-order valence-corrected chi connectivity index (χ2v) is 8.75. The van der Waals surface area contributed by atoms with Crippen LogP contribution in [0.2, 0.25) is 0 Å². The van der Waals surface area contributed by atoms with E-state index in [2.05, 4.69) is 33.5 Å². The van der Waals surface area contributed by atoms with Crippen LogP contribution in [-0.2, 0) is 14.3 Å². The van der Waals surface area contributed by atoms with Crippen LogP contribution >= 0.6 is 15.9 Å². The van der Waals surface area contributed by atoms with Gasteiger partial charge < -0.3 is 18.9 Å². The van der Waals surface area contributed by atoms with Gasteiger partial charge in [0.05, 0.1) is 25.8 Å². The Morgan fingerprint density at radius 3 is 2.74 bits per heavy atom. The summed E-state index contributed by atoms with van der Waals surface area (Å²) in [5.74, 6) is -0.261. The van der Waals surface area contributed by atoms with Crippen molar-refractivity contribution in [2.75, 3.05) is 33.4 Å². The van der Waals surface area contributed by atoms with Crippen LogP contribution in [0, 0.1) is 25.2 Å². The Kier molecular flexibility index (Phi) is 7.71. The molecule has 0 saturated carbocycles. The van der Waals surface area contributed by atoms with E-state index >= 15 is 0 Å². The maximum absolute atomic E-state index is 13.1. The fourth-order valence-electron chi connectivity index (χ4n) is 4.12. The summed E-state index contributed by atoms with van der Waals surface area (Å²) < 4.78 is 14.3. The van der Waals surface area contributed by atoms with Crippen molar-refractivity contribution >= 4 is 27.9 Å². The van der Waals surface area contributed by atoms with Crippen LogP contribution < -0.4 is 0 Å². The first kappa shape index (κ1) is 23.3. The van der Waals surface area contributed by atoms with E-state index in [1.165, 1.54) is 0 Å². The zero-order valence-electron chi connectivity index (χ0n) is 18.4. The lowest BCUT2D eigenvalue weighted by Gasteiger charge is -2.33. The third kappa shape index (κ3) is 5.27. The standard InChI is InChI=1S/C24H28BrN3O3/c1-16-11-20(18(3)28(16)17(2)15-30-4)12-21(13-26)24(29)27-9-10-31-23(14-27)19-5-7-22(25)8-6-19/h5-8,11-12,17,23H,9-10,14-15H2,1-4H3. The third-order valence-corrected chi connectivity index (χ3v) is 6.15. The van der Waals surface area contributed by atoms with Crippen LogP contribution in [0.3, 0.4) is 0 Å². The molecule has 0 aliphatic carbocycles. The summed E-state index contributed by atoms with van der Waals surface area (Å²) in [6, 6.07) is 12.2. The van der Waals surface area contributed by atoms with E-state index < -0.39 is 0 Å². The monoisotopic (exact) mass is 485 g/mol. The molecule has 1 fully saturated rings. The number of carbonyl (C=O) groups is 1. The van der Waals surface area contributed by atoms with Gasteiger partial charge in [-0.3, -0.25) is 4.79 Å².